The van der Waals surface area contributed by atoms with E-state index < -0.39 is 86.2 Å². The molecule has 0 amide bonds. The number of aliphatic hydroxyl groups is 6. The number of hydrogen-bond donors (Lipinski definition) is 8. The van der Waals surface area contributed by atoms with Gasteiger partial charge in [-0.05, 0) is 31.5 Å². The molecule has 2 heterocycles. The number of benzene rings is 2. The molecule has 1 saturated heterocycles. The molecule has 0 bridgehead atoms. The van der Waals surface area contributed by atoms with Crippen molar-refractivity contribution < 1.29 is 74.1 Å². The van der Waals surface area contributed by atoms with Gasteiger partial charge in [-0.25, -0.2) is 0 Å². The molecule has 1 fully saturated rings. The van der Waals surface area contributed by atoms with E-state index in [0.29, 0.717) is 5.56 Å². The maximum atomic E-state index is 12.9. The summed E-state index contributed by atoms with van der Waals surface area (Å²) in [7, 11) is 1.40. The molecule has 0 radical (unpaired) electrons. The summed E-state index contributed by atoms with van der Waals surface area (Å²) in [6.07, 6.45) is -13.6. The maximum absolute atomic E-state index is 12.9. The van der Waals surface area contributed by atoms with Crippen LogP contribution in [0.5, 0.6) is 28.7 Å². The van der Waals surface area contributed by atoms with Crippen LogP contribution in [0.25, 0.3) is 0 Å². The number of Topliss-reactive ketones (excluding diaryl/α,β-unsaturated/α-hetero) is 1. The van der Waals surface area contributed by atoms with Gasteiger partial charge in [-0.3, -0.25) is 4.79 Å². The number of hydrogen-bond acceptors (Lipinski definition) is 15. The summed E-state index contributed by atoms with van der Waals surface area (Å²) in [5, 5.41) is 81.3. The molecule has 244 valence electrons. The van der Waals surface area contributed by atoms with Crippen molar-refractivity contribution in [3.8, 4) is 28.7 Å². The molecule has 0 aliphatic carbocycles. The Bertz CT molecular complexity index is 1290. The predicted octanol–water partition coefficient (Wildman–Crippen LogP) is -0.519. The summed E-state index contributed by atoms with van der Waals surface area (Å²) < 4.78 is 33.3. The van der Waals surface area contributed by atoms with Gasteiger partial charge in [-0.2, -0.15) is 0 Å². The SMILES string of the molecule is COc1ccc([C@@H]2CC(=O)c3c(O)cc(O[C@H](OC(CO[C@@H]4O[C@@H](C)[C@H](O)C(O)C4O)[C@@H](O)CO)[C@H](C)O)cc3O2)cc1O. The van der Waals surface area contributed by atoms with Crippen LogP contribution in [0, 0.1) is 0 Å². The summed E-state index contributed by atoms with van der Waals surface area (Å²) in [6, 6.07) is 6.95. The summed E-state index contributed by atoms with van der Waals surface area (Å²) in [5.41, 5.74) is 0.387. The average Bonchev–Trinajstić information content (AvgIpc) is 2.98. The van der Waals surface area contributed by atoms with Crippen molar-refractivity contribution >= 4 is 5.78 Å². The van der Waals surface area contributed by atoms with Crippen LogP contribution in [0.3, 0.4) is 0 Å². The van der Waals surface area contributed by atoms with Gasteiger partial charge in [0, 0.05) is 12.1 Å². The zero-order valence-corrected chi connectivity index (χ0v) is 24.2. The average molecular weight is 627 g/mol. The first-order valence-corrected chi connectivity index (χ1v) is 13.9. The van der Waals surface area contributed by atoms with Crippen molar-refractivity contribution in [2.75, 3.05) is 20.3 Å². The first-order chi connectivity index (χ1) is 20.8. The summed E-state index contributed by atoms with van der Waals surface area (Å²) in [5.74, 6) is -0.933. The third-order valence-electron chi connectivity index (χ3n) is 7.35. The van der Waals surface area contributed by atoms with Gasteiger partial charge in [-0.1, -0.05) is 6.07 Å². The highest BCUT2D eigenvalue weighted by molar-refractivity contribution is 6.02. The summed E-state index contributed by atoms with van der Waals surface area (Å²) >= 11 is 0. The molecule has 0 aromatic heterocycles. The van der Waals surface area contributed by atoms with Crippen LogP contribution in [0.1, 0.15) is 42.3 Å². The highest BCUT2D eigenvalue weighted by Gasteiger charge is 2.43. The lowest BCUT2D eigenvalue weighted by Gasteiger charge is -2.39. The lowest BCUT2D eigenvalue weighted by Crippen LogP contribution is -2.58. The first kappa shape index (κ1) is 33.6. The number of phenols is 2. The Morgan fingerprint density at radius 2 is 1.75 bits per heavy atom. The monoisotopic (exact) mass is 626 g/mol. The third kappa shape index (κ3) is 7.34. The van der Waals surface area contributed by atoms with Crippen LogP contribution < -0.4 is 14.2 Å². The van der Waals surface area contributed by atoms with Crippen molar-refractivity contribution in [3.05, 3.63) is 41.5 Å². The minimum atomic E-state index is -1.64. The number of aliphatic hydroxyl groups excluding tert-OH is 6. The molecule has 0 spiro atoms. The molecule has 4 rings (SSSR count). The first-order valence-electron chi connectivity index (χ1n) is 13.9. The number of fused-ring (bicyclic) bond motifs is 1. The standard InChI is InChI=1S/C29H38O15/c1-12(31)28(44-23(19(35)10-30)11-40-29-27(38)26(37)25(36)13(2)41-29)42-15-7-17(33)24-18(34)9-21(43-22(24)8-15)14-4-5-20(39-3)16(32)6-14/h4-8,12-13,19,21,23,25-33,35-38H,9-11H2,1-3H3/t12-,13-,19-,21-,23?,25-,26?,27?,28+,29+/m0/s1. The predicted molar refractivity (Wildman–Crippen MR) is 147 cm³/mol. The Kier molecular flexibility index (Phi) is 10.9. The van der Waals surface area contributed by atoms with Crippen molar-refractivity contribution in [1.82, 2.24) is 0 Å². The zero-order chi connectivity index (χ0) is 32.3. The lowest BCUT2D eigenvalue weighted by atomic mass is 9.95. The molecule has 15 heteroatoms. The van der Waals surface area contributed by atoms with Crippen LogP contribution >= 0.6 is 0 Å². The van der Waals surface area contributed by atoms with E-state index in [1.165, 1.54) is 39.2 Å². The molecule has 8 N–H and O–H groups in total. The van der Waals surface area contributed by atoms with Crippen LogP contribution in [0.4, 0.5) is 0 Å². The number of methoxy groups -OCH3 is 1. The second-order valence-electron chi connectivity index (χ2n) is 10.6. The van der Waals surface area contributed by atoms with Crippen LogP contribution in [0.2, 0.25) is 0 Å². The number of carbonyl (C=O) groups is 1. The summed E-state index contributed by atoms with van der Waals surface area (Å²) in [4.78, 5) is 12.9. The molecule has 44 heavy (non-hydrogen) atoms. The maximum Gasteiger partial charge on any atom is 0.226 e. The van der Waals surface area contributed by atoms with E-state index in [2.05, 4.69) is 0 Å². The van der Waals surface area contributed by atoms with Gasteiger partial charge in [0.15, 0.2) is 23.6 Å². The van der Waals surface area contributed by atoms with E-state index in [4.69, 9.17) is 28.4 Å². The smallest absolute Gasteiger partial charge is 0.226 e. The molecule has 2 aromatic rings. The van der Waals surface area contributed by atoms with E-state index in [0.717, 1.165) is 6.07 Å². The highest BCUT2D eigenvalue weighted by atomic mass is 16.7. The number of carbonyl (C=O) groups excluding carboxylic acids is 1. The Labute approximate surface area is 252 Å². The van der Waals surface area contributed by atoms with Crippen molar-refractivity contribution in [2.24, 2.45) is 0 Å². The van der Waals surface area contributed by atoms with Crippen molar-refractivity contribution in [3.63, 3.8) is 0 Å². The van der Waals surface area contributed by atoms with Crippen molar-refractivity contribution in [2.45, 2.75) is 81.7 Å². The fourth-order valence-electron chi connectivity index (χ4n) is 4.82. The molecule has 3 unspecified atom stereocenters. The van der Waals surface area contributed by atoms with E-state index in [1.807, 2.05) is 0 Å². The Balaban J connectivity index is 1.50. The van der Waals surface area contributed by atoms with Gasteiger partial charge in [0.25, 0.3) is 0 Å². The number of phenolic OH excluding ortho intramolecular Hbond substituents is 2. The highest BCUT2D eigenvalue weighted by Crippen LogP contribution is 2.43. The number of ketones is 1. The summed E-state index contributed by atoms with van der Waals surface area (Å²) in [6.45, 7) is 1.46. The Morgan fingerprint density at radius 1 is 1.02 bits per heavy atom. The van der Waals surface area contributed by atoms with E-state index in [-0.39, 0.29) is 35.0 Å². The number of ether oxygens (including phenoxy) is 6. The fourth-order valence-corrected chi connectivity index (χ4v) is 4.82. The molecular weight excluding hydrogens is 588 g/mol. The van der Waals surface area contributed by atoms with Crippen LogP contribution in [-0.2, 0) is 14.2 Å². The molecule has 0 saturated carbocycles. The topological polar surface area (TPSA) is 234 Å². The quantitative estimate of drug-likeness (QED) is 0.138. The van der Waals surface area contributed by atoms with Gasteiger partial charge in [-0.15, -0.1) is 0 Å². The molecule has 15 nitrogen and oxygen atoms in total. The number of aromatic hydroxyl groups is 2. The molecular formula is C29H38O15. The fraction of sp³-hybridized carbons (Fsp3) is 0.552. The van der Waals surface area contributed by atoms with Gasteiger partial charge in [0.05, 0.1) is 32.8 Å². The minimum Gasteiger partial charge on any atom is -0.507 e. The van der Waals surface area contributed by atoms with Gasteiger partial charge < -0.3 is 69.3 Å². The number of rotatable bonds is 12. The molecule has 2 aromatic carbocycles. The lowest BCUT2D eigenvalue weighted by molar-refractivity contribution is -0.304. The van der Waals surface area contributed by atoms with E-state index >= 15 is 0 Å². The normalized spacial score (nSPS) is 27.9. The molecule has 10 atom stereocenters. The Hall–Kier alpha value is -3.25. The van der Waals surface area contributed by atoms with Crippen LogP contribution in [-0.4, -0.2) is 122 Å². The minimum absolute atomic E-state index is 0.0329. The molecule has 2 aliphatic heterocycles. The van der Waals surface area contributed by atoms with E-state index in [1.54, 1.807) is 6.07 Å². The second-order valence-corrected chi connectivity index (χ2v) is 10.6. The van der Waals surface area contributed by atoms with Gasteiger partial charge in [0.1, 0.15) is 65.5 Å². The van der Waals surface area contributed by atoms with Crippen molar-refractivity contribution in [1.29, 1.82) is 0 Å². The largest absolute Gasteiger partial charge is 0.507 e. The van der Waals surface area contributed by atoms with Crippen LogP contribution in [0.15, 0.2) is 30.3 Å². The third-order valence-corrected chi connectivity index (χ3v) is 7.35. The Morgan fingerprint density at radius 3 is 2.39 bits per heavy atom. The second kappa shape index (κ2) is 14.2. The zero-order valence-electron chi connectivity index (χ0n) is 24.2. The molecule has 2 aliphatic rings. The van der Waals surface area contributed by atoms with Gasteiger partial charge in [0.2, 0.25) is 6.29 Å². The van der Waals surface area contributed by atoms with Gasteiger partial charge >= 0.3 is 0 Å². The van der Waals surface area contributed by atoms with E-state index in [9.17, 15) is 45.6 Å².